The van der Waals surface area contributed by atoms with Crippen LogP contribution in [0.2, 0.25) is 0 Å². The molecule has 1 amide bonds. The number of benzene rings is 2. The largest absolute Gasteiger partial charge is 0.481 e. The molecule has 2 aromatic carbocycles. The van der Waals surface area contributed by atoms with Crippen molar-refractivity contribution in [3.05, 3.63) is 59.7 Å². The van der Waals surface area contributed by atoms with Crippen molar-refractivity contribution >= 4 is 12.1 Å². The molecule has 0 radical (unpaired) electrons. The molecule has 5 heteroatoms. The minimum absolute atomic E-state index is 0.0666. The third-order valence-corrected chi connectivity index (χ3v) is 6.41. The maximum absolute atomic E-state index is 12.7. The van der Waals surface area contributed by atoms with Gasteiger partial charge in [-0.25, -0.2) is 4.79 Å². The Bertz CT molecular complexity index is 864. The molecule has 29 heavy (non-hydrogen) atoms. The van der Waals surface area contributed by atoms with Crippen LogP contribution in [0.25, 0.3) is 11.1 Å². The Kier molecular flexibility index (Phi) is 5.56. The highest BCUT2D eigenvalue weighted by Gasteiger charge is 2.32. The molecule has 4 rings (SSSR count). The number of piperidine rings is 1. The zero-order valence-corrected chi connectivity index (χ0v) is 16.7. The number of carboxylic acids is 1. The minimum atomic E-state index is -0.754. The van der Waals surface area contributed by atoms with Gasteiger partial charge >= 0.3 is 12.1 Å². The zero-order chi connectivity index (χ0) is 20.4. The minimum Gasteiger partial charge on any atom is -0.481 e. The maximum atomic E-state index is 12.7. The lowest BCUT2D eigenvalue weighted by Gasteiger charge is -2.36. The van der Waals surface area contributed by atoms with Crippen LogP contribution in [0.1, 0.15) is 43.2 Å². The highest BCUT2D eigenvalue weighted by atomic mass is 16.6. The van der Waals surface area contributed by atoms with Gasteiger partial charge in [0.15, 0.2) is 0 Å². The van der Waals surface area contributed by atoms with Gasteiger partial charge in [-0.2, -0.15) is 0 Å². The van der Waals surface area contributed by atoms with E-state index in [-0.39, 0.29) is 24.3 Å². The maximum Gasteiger partial charge on any atom is 0.409 e. The standard InChI is InChI=1S/C24H27NO4/c1-16-14-25(13-12-17(16)10-11-23(26)27)24(28)29-15-22-20-8-4-2-6-18(20)19-7-3-5-9-21(19)22/h2-9,16-17,22H,10-15H2,1H3,(H,26,27). The Labute approximate surface area is 171 Å². The van der Waals surface area contributed by atoms with Crippen LogP contribution in [0.5, 0.6) is 0 Å². The van der Waals surface area contributed by atoms with Gasteiger partial charge in [-0.1, -0.05) is 55.5 Å². The first-order valence-electron chi connectivity index (χ1n) is 10.4. The number of ether oxygens (including phenoxy) is 1. The van der Waals surface area contributed by atoms with Crippen molar-refractivity contribution in [1.82, 2.24) is 4.90 Å². The van der Waals surface area contributed by atoms with Gasteiger partial charge < -0.3 is 14.7 Å². The molecule has 2 atom stereocenters. The van der Waals surface area contributed by atoms with E-state index in [2.05, 4.69) is 31.2 Å². The van der Waals surface area contributed by atoms with Crippen LogP contribution in [0.4, 0.5) is 4.79 Å². The first kappa shape index (κ1) is 19.5. The molecule has 0 bridgehead atoms. The van der Waals surface area contributed by atoms with Crippen LogP contribution in [0.15, 0.2) is 48.5 Å². The summed E-state index contributed by atoms with van der Waals surface area (Å²) in [5, 5.41) is 8.90. The fourth-order valence-electron chi connectivity index (χ4n) is 4.78. The molecule has 5 nitrogen and oxygen atoms in total. The molecule has 152 valence electrons. The predicted octanol–water partition coefficient (Wildman–Crippen LogP) is 4.76. The second-order valence-corrected chi connectivity index (χ2v) is 8.21. The SMILES string of the molecule is CC1CN(C(=O)OCC2c3ccccc3-c3ccccc32)CCC1CCC(=O)O. The van der Waals surface area contributed by atoms with Crippen molar-refractivity contribution in [3.8, 4) is 11.1 Å². The summed E-state index contributed by atoms with van der Waals surface area (Å²) in [6, 6.07) is 16.6. The highest BCUT2D eigenvalue weighted by molar-refractivity contribution is 5.79. The zero-order valence-electron chi connectivity index (χ0n) is 16.7. The van der Waals surface area contributed by atoms with Crippen molar-refractivity contribution in [3.63, 3.8) is 0 Å². The molecule has 0 aromatic heterocycles. The second-order valence-electron chi connectivity index (χ2n) is 8.21. The van der Waals surface area contributed by atoms with E-state index in [0.717, 1.165) is 6.42 Å². The molecule has 0 spiro atoms. The number of amides is 1. The van der Waals surface area contributed by atoms with E-state index in [9.17, 15) is 9.59 Å². The molecule has 2 aliphatic rings. The fourth-order valence-corrected chi connectivity index (χ4v) is 4.78. The number of carbonyl (C=O) groups is 2. The molecule has 1 aliphatic carbocycles. The van der Waals surface area contributed by atoms with E-state index in [4.69, 9.17) is 9.84 Å². The summed E-state index contributed by atoms with van der Waals surface area (Å²) in [5.41, 5.74) is 4.86. The molecule has 1 aliphatic heterocycles. The van der Waals surface area contributed by atoms with Crippen LogP contribution in [-0.4, -0.2) is 41.8 Å². The van der Waals surface area contributed by atoms with Crippen LogP contribution < -0.4 is 0 Å². The summed E-state index contributed by atoms with van der Waals surface area (Å²) >= 11 is 0. The molecule has 2 unspecified atom stereocenters. The fraction of sp³-hybridized carbons (Fsp3) is 0.417. The van der Waals surface area contributed by atoms with Gasteiger partial charge in [0.25, 0.3) is 0 Å². The topological polar surface area (TPSA) is 66.8 Å². The Morgan fingerprint density at radius 2 is 1.69 bits per heavy atom. The number of hydrogen-bond donors (Lipinski definition) is 1. The van der Waals surface area contributed by atoms with E-state index in [1.165, 1.54) is 22.3 Å². The lowest BCUT2D eigenvalue weighted by atomic mass is 9.84. The number of fused-ring (bicyclic) bond motifs is 3. The average Bonchev–Trinajstić information content (AvgIpc) is 3.05. The Morgan fingerprint density at radius 1 is 1.07 bits per heavy atom. The van der Waals surface area contributed by atoms with Crippen molar-refractivity contribution in [2.75, 3.05) is 19.7 Å². The number of rotatable bonds is 5. The molecule has 1 N–H and O–H groups in total. The van der Waals surface area contributed by atoms with Gasteiger partial charge in [0.2, 0.25) is 0 Å². The number of likely N-dealkylation sites (tertiary alicyclic amines) is 1. The molecular weight excluding hydrogens is 366 g/mol. The number of hydrogen-bond acceptors (Lipinski definition) is 3. The smallest absolute Gasteiger partial charge is 0.409 e. The predicted molar refractivity (Wildman–Crippen MR) is 111 cm³/mol. The molecule has 1 fully saturated rings. The lowest BCUT2D eigenvalue weighted by molar-refractivity contribution is -0.137. The van der Waals surface area contributed by atoms with Crippen LogP contribution in [-0.2, 0) is 9.53 Å². The summed E-state index contributed by atoms with van der Waals surface area (Å²) in [6.07, 6.45) is 1.43. The van der Waals surface area contributed by atoms with E-state index in [0.29, 0.717) is 32.0 Å². The number of carbonyl (C=O) groups excluding carboxylic acids is 1. The van der Waals surface area contributed by atoms with E-state index >= 15 is 0 Å². The molecule has 1 heterocycles. The van der Waals surface area contributed by atoms with Crippen molar-refractivity contribution in [2.24, 2.45) is 11.8 Å². The van der Waals surface area contributed by atoms with Gasteiger partial charge in [0.05, 0.1) is 0 Å². The van der Waals surface area contributed by atoms with E-state index in [1.807, 2.05) is 24.3 Å². The van der Waals surface area contributed by atoms with Crippen molar-refractivity contribution < 1.29 is 19.4 Å². The molecule has 2 aromatic rings. The number of nitrogens with zero attached hydrogens (tertiary/aromatic N) is 1. The van der Waals surface area contributed by atoms with Crippen molar-refractivity contribution in [2.45, 2.75) is 32.1 Å². The lowest BCUT2D eigenvalue weighted by Crippen LogP contribution is -2.43. The summed E-state index contributed by atoms with van der Waals surface area (Å²) in [7, 11) is 0. The van der Waals surface area contributed by atoms with E-state index in [1.54, 1.807) is 4.90 Å². The summed E-state index contributed by atoms with van der Waals surface area (Å²) in [5.74, 6) is -0.0552. The quantitative estimate of drug-likeness (QED) is 0.795. The average molecular weight is 393 g/mol. The second kappa shape index (κ2) is 8.27. The first-order valence-corrected chi connectivity index (χ1v) is 10.4. The highest BCUT2D eigenvalue weighted by Crippen LogP contribution is 2.44. The normalized spacial score (nSPS) is 20.8. The molecule has 0 saturated carbocycles. The molecule has 1 saturated heterocycles. The van der Waals surface area contributed by atoms with Crippen molar-refractivity contribution in [1.29, 1.82) is 0 Å². The summed E-state index contributed by atoms with van der Waals surface area (Å²) in [4.78, 5) is 25.3. The van der Waals surface area contributed by atoms with Crippen LogP contribution >= 0.6 is 0 Å². The first-order chi connectivity index (χ1) is 14.0. The van der Waals surface area contributed by atoms with Gasteiger partial charge in [-0.05, 0) is 46.9 Å². The Morgan fingerprint density at radius 3 is 2.28 bits per heavy atom. The van der Waals surface area contributed by atoms with Gasteiger partial charge in [-0.15, -0.1) is 0 Å². The third-order valence-electron chi connectivity index (χ3n) is 6.41. The van der Waals surface area contributed by atoms with Gasteiger partial charge in [0.1, 0.15) is 6.61 Å². The van der Waals surface area contributed by atoms with Gasteiger partial charge in [-0.3, -0.25) is 4.79 Å². The monoisotopic (exact) mass is 393 g/mol. The van der Waals surface area contributed by atoms with Gasteiger partial charge in [0, 0.05) is 25.4 Å². The van der Waals surface area contributed by atoms with Crippen LogP contribution in [0.3, 0.4) is 0 Å². The Hall–Kier alpha value is -2.82. The summed E-state index contributed by atoms with van der Waals surface area (Å²) < 4.78 is 5.75. The van der Waals surface area contributed by atoms with E-state index < -0.39 is 5.97 Å². The van der Waals surface area contributed by atoms with Crippen LogP contribution in [0, 0.1) is 11.8 Å². The summed E-state index contributed by atoms with van der Waals surface area (Å²) in [6.45, 7) is 3.68. The third kappa shape index (κ3) is 4.00. The number of carboxylic acid groups (broad SMARTS) is 1. The molecular formula is C24H27NO4. The Balaban J connectivity index is 1.38. The number of aliphatic carboxylic acids is 1.